The Morgan fingerprint density at radius 1 is 1.32 bits per heavy atom. The first-order chi connectivity index (χ1) is 8.93. The molecule has 108 valence electrons. The van der Waals surface area contributed by atoms with E-state index in [1.54, 1.807) is 12.3 Å². The molecule has 1 heterocycles. The molecule has 0 unspecified atom stereocenters. The van der Waals surface area contributed by atoms with Crippen molar-refractivity contribution in [1.82, 2.24) is 4.98 Å². The molecule has 0 atom stereocenters. The second-order valence-corrected chi connectivity index (χ2v) is 6.82. The SMILES string of the molecule is CCCCS(=O)(=O)Nc1ccc(NCC(C)C)cn1. The van der Waals surface area contributed by atoms with Gasteiger partial charge in [0.25, 0.3) is 0 Å². The summed E-state index contributed by atoms with van der Waals surface area (Å²) in [7, 11) is -3.27. The molecule has 1 rings (SSSR count). The quantitative estimate of drug-likeness (QED) is 0.770. The van der Waals surface area contributed by atoms with Gasteiger partial charge in [0.05, 0.1) is 17.6 Å². The number of hydrogen-bond donors (Lipinski definition) is 2. The van der Waals surface area contributed by atoms with Gasteiger partial charge >= 0.3 is 0 Å². The molecule has 0 aliphatic rings. The Balaban J connectivity index is 2.56. The van der Waals surface area contributed by atoms with Gasteiger partial charge in [-0.2, -0.15) is 0 Å². The molecule has 0 fully saturated rings. The molecule has 0 saturated heterocycles. The molecule has 19 heavy (non-hydrogen) atoms. The normalized spacial score (nSPS) is 11.6. The van der Waals surface area contributed by atoms with Gasteiger partial charge in [-0.25, -0.2) is 13.4 Å². The lowest BCUT2D eigenvalue weighted by Gasteiger charge is -2.10. The van der Waals surface area contributed by atoms with Crippen molar-refractivity contribution in [1.29, 1.82) is 0 Å². The van der Waals surface area contributed by atoms with Crippen LogP contribution in [0.1, 0.15) is 33.6 Å². The third-order valence-electron chi connectivity index (χ3n) is 2.50. The van der Waals surface area contributed by atoms with Gasteiger partial charge in [-0.15, -0.1) is 0 Å². The third-order valence-corrected chi connectivity index (χ3v) is 3.85. The predicted octanol–water partition coefficient (Wildman–Crippen LogP) is 2.69. The number of anilines is 2. The molecule has 1 aromatic heterocycles. The van der Waals surface area contributed by atoms with E-state index in [9.17, 15) is 8.42 Å². The van der Waals surface area contributed by atoms with Gasteiger partial charge in [-0.3, -0.25) is 4.72 Å². The van der Waals surface area contributed by atoms with Crippen LogP contribution in [0.5, 0.6) is 0 Å². The second-order valence-electron chi connectivity index (χ2n) is 4.98. The fraction of sp³-hybridized carbons (Fsp3) is 0.615. The first-order valence-electron chi connectivity index (χ1n) is 6.63. The summed E-state index contributed by atoms with van der Waals surface area (Å²) in [5.74, 6) is 1.05. The van der Waals surface area contributed by atoms with Crippen LogP contribution in [-0.4, -0.2) is 25.7 Å². The van der Waals surface area contributed by atoms with Gasteiger partial charge in [0.2, 0.25) is 10.0 Å². The maximum Gasteiger partial charge on any atom is 0.233 e. The lowest BCUT2D eigenvalue weighted by molar-refractivity contribution is 0.597. The minimum atomic E-state index is -3.27. The molecule has 0 saturated carbocycles. The fourth-order valence-electron chi connectivity index (χ4n) is 1.43. The van der Waals surface area contributed by atoms with Crippen LogP contribution in [0.15, 0.2) is 18.3 Å². The molecule has 0 aliphatic heterocycles. The van der Waals surface area contributed by atoms with Crippen LogP contribution in [-0.2, 0) is 10.0 Å². The summed E-state index contributed by atoms with van der Waals surface area (Å²) < 4.78 is 25.9. The van der Waals surface area contributed by atoms with Crippen molar-refractivity contribution in [2.24, 2.45) is 5.92 Å². The fourth-order valence-corrected chi connectivity index (χ4v) is 2.64. The molecule has 1 aromatic rings. The van der Waals surface area contributed by atoms with Crippen LogP contribution in [0.3, 0.4) is 0 Å². The number of pyridine rings is 1. The second kappa shape index (κ2) is 7.33. The van der Waals surface area contributed by atoms with E-state index in [0.717, 1.165) is 18.7 Å². The van der Waals surface area contributed by atoms with Gasteiger partial charge in [0, 0.05) is 6.54 Å². The Morgan fingerprint density at radius 2 is 2.05 bits per heavy atom. The average Bonchev–Trinajstić information content (AvgIpc) is 2.35. The Labute approximate surface area is 115 Å². The monoisotopic (exact) mass is 285 g/mol. The first-order valence-corrected chi connectivity index (χ1v) is 8.28. The standard InChI is InChI=1S/C13H23N3O2S/c1-4-5-8-19(17,18)16-13-7-6-12(10-15-13)14-9-11(2)3/h6-7,10-11,14H,4-5,8-9H2,1-3H3,(H,15,16). The highest BCUT2D eigenvalue weighted by Gasteiger charge is 2.10. The summed E-state index contributed by atoms with van der Waals surface area (Å²) in [4.78, 5) is 4.10. The summed E-state index contributed by atoms with van der Waals surface area (Å²) in [6.45, 7) is 7.07. The Bertz CT molecular complexity index is 469. The third kappa shape index (κ3) is 6.42. The number of sulfonamides is 1. The van der Waals surface area contributed by atoms with Crippen molar-refractivity contribution in [2.45, 2.75) is 33.6 Å². The number of hydrogen-bond acceptors (Lipinski definition) is 4. The zero-order valence-electron chi connectivity index (χ0n) is 11.8. The van der Waals surface area contributed by atoms with Crippen LogP contribution >= 0.6 is 0 Å². The van der Waals surface area contributed by atoms with Crippen molar-refractivity contribution in [3.05, 3.63) is 18.3 Å². The molecule has 0 radical (unpaired) electrons. The van der Waals surface area contributed by atoms with Gasteiger partial charge in [-0.1, -0.05) is 27.2 Å². The van der Waals surface area contributed by atoms with Crippen LogP contribution in [0.2, 0.25) is 0 Å². The zero-order valence-corrected chi connectivity index (χ0v) is 12.6. The summed E-state index contributed by atoms with van der Waals surface area (Å²) in [5.41, 5.74) is 0.894. The lowest BCUT2D eigenvalue weighted by atomic mass is 10.2. The van der Waals surface area contributed by atoms with E-state index in [0.29, 0.717) is 18.2 Å². The van der Waals surface area contributed by atoms with Crippen LogP contribution in [0.4, 0.5) is 11.5 Å². The van der Waals surface area contributed by atoms with Crippen LogP contribution in [0, 0.1) is 5.92 Å². The van der Waals surface area contributed by atoms with Gasteiger partial charge in [0.15, 0.2) is 0 Å². The smallest absolute Gasteiger partial charge is 0.233 e. The molecular weight excluding hydrogens is 262 g/mol. The molecule has 0 aromatic carbocycles. The van der Waals surface area contributed by atoms with Crippen LogP contribution < -0.4 is 10.0 Å². The van der Waals surface area contributed by atoms with Crippen molar-refractivity contribution in [3.63, 3.8) is 0 Å². The maximum absolute atomic E-state index is 11.7. The number of nitrogens with one attached hydrogen (secondary N) is 2. The summed E-state index contributed by atoms with van der Waals surface area (Å²) >= 11 is 0. The van der Waals surface area contributed by atoms with E-state index in [1.807, 2.05) is 13.0 Å². The minimum Gasteiger partial charge on any atom is -0.384 e. The Morgan fingerprint density at radius 3 is 2.58 bits per heavy atom. The van der Waals surface area contributed by atoms with Crippen molar-refractivity contribution in [3.8, 4) is 0 Å². The van der Waals surface area contributed by atoms with Crippen molar-refractivity contribution >= 4 is 21.5 Å². The van der Waals surface area contributed by atoms with Gasteiger partial charge in [-0.05, 0) is 24.5 Å². The van der Waals surface area contributed by atoms with E-state index < -0.39 is 10.0 Å². The Kier molecular flexibility index (Phi) is 6.08. The molecule has 6 heteroatoms. The van der Waals surface area contributed by atoms with Gasteiger partial charge < -0.3 is 5.32 Å². The molecule has 0 amide bonds. The summed E-state index contributed by atoms with van der Waals surface area (Å²) in [6.07, 6.45) is 3.15. The predicted molar refractivity (Wildman–Crippen MR) is 79.9 cm³/mol. The van der Waals surface area contributed by atoms with E-state index >= 15 is 0 Å². The molecule has 0 bridgehead atoms. The number of nitrogens with zero attached hydrogens (tertiary/aromatic N) is 1. The van der Waals surface area contributed by atoms with E-state index in [-0.39, 0.29) is 5.75 Å². The number of aromatic nitrogens is 1. The van der Waals surface area contributed by atoms with E-state index in [1.165, 1.54) is 0 Å². The average molecular weight is 285 g/mol. The van der Waals surface area contributed by atoms with Gasteiger partial charge in [0.1, 0.15) is 5.82 Å². The largest absolute Gasteiger partial charge is 0.384 e. The topological polar surface area (TPSA) is 71.1 Å². The molecular formula is C13H23N3O2S. The Hall–Kier alpha value is -1.30. The van der Waals surface area contributed by atoms with Crippen molar-refractivity contribution < 1.29 is 8.42 Å². The lowest BCUT2D eigenvalue weighted by Crippen LogP contribution is -2.17. The maximum atomic E-state index is 11.7. The first kappa shape index (κ1) is 15.8. The highest BCUT2D eigenvalue weighted by atomic mass is 32.2. The minimum absolute atomic E-state index is 0.137. The molecule has 0 aliphatic carbocycles. The number of unbranched alkanes of at least 4 members (excludes halogenated alkanes) is 1. The van der Waals surface area contributed by atoms with Crippen molar-refractivity contribution in [2.75, 3.05) is 22.3 Å². The highest BCUT2D eigenvalue weighted by molar-refractivity contribution is 7.92. The number of rotatable bonds is 8. The van der Waals surface area contributed by atoms with E-state index in [4.69, 9.17) is 0 Å². The van der Waals surface area contributed by atoms with Crippen LogP contribution in [0.25, 0.3) is 0 Å². The summed E-state index contributed by atoms with van der Waals surface area (Å²) in [6, 6.07) is 3.50. The highest BCUT2D eigenvalue weighted by Crippen LogP contribution is 2.12. The molecule has 2 N–H and O–H groups in total. The zero-order chi connectivity index (χ0) is 14.3. The molecule has 5 nitrogen and oxygen atoms in total. The van der Waals surface area contributed by atoms with E-state index in [2.05, 4.69) is 28.9 Å². The summed E-state index contributed by atoms with van der Waals surface area (Å²) in [5, 5.41) is 3.23. The molecule has 0 spiro atoms.